The second-order valence-corrected chi connectivity index (χ2v) is 11.6. The van der Waals surface area contributed by atoms with Crippen LogP contribution in [-0.4, -0.2) is 61.8 Å². The molecule has 0 bridgehead atoms. The van der Waals surface area contributed by atoms with E-state index in [-0.39, 0.29) is 10.8 Å². The van der Waals surface area contributed by atoms with Crippen LogP contribution in [0.1, 0.15) is 16.1 Å². The summed E-state index contributed by atoms with van der Waals surface area (Å²) in [5.41, 5.74) is 2.29. The molecular weight excluding hydrogens is 496 g/mol. The number of sulfone groups is 1. The Hall–Kier alpha value is -2.95. The van der Waals surface area contributed by atoms with E-state index in [0.717, 1.165) is 15.3 Å². The molecule has 1 aliphatic rings. The van der Waals surface area contributed by atoms with Gasteiger partial charge in [-0.15, -0.1) is 0 Å². The van der Waals surface area contributed by atoms with E-state index < -0.39 is 9.84 Å². The van der Waals surface area contributed by atoms with Gasteiger partial charge in [0, 0.05) is 38.0 Å². The molecule has 0 N–H and O–H groups in total. The van der Waals surface area contributed by atoms with Gasteiger partial charge in [0.2, 0.25) is 0 Å². The van der Waals surface area contributed by atoms with E-state index >= 15 is 0 Å². The fraction of sp³-hybridized carbons (Fsp3) is 0.261. The van der Waals surface area contributed by atoms with E-state index in [2.05, 4.69) is 15.0 Å². The summed E-state index contributed by atoms with van der Waals surface area (Å²) in [5.74, 6) is 0.311. The molecule has 1 fully saturated rings. The van der Waals surface area contributed by atoms with Crippen molar-refractivity contribution in [3.8, 4) is 11.3 Å². The third-order valence-electron chi connectivity index (χ3n) is 5.82. The Morgan fingerprint density at radius 2 is 1.85 bits per heavy atom. The molecule has 0 unspecified atom stereocenters. The molecule has 3 heterocycles. The van der Waals surface area contributed by atoms with Crippen LogP contribution in [0.2, 0.25) is 5.02 Å². The number of rotatable bonds is 4. The van der Waals surface area contributed by atoms with E-state index in [4.69, 9.17) is 16.1 Å². The average Bonchev–Trinajstić information content (AvgIpc) is 3.41. The molecule has 5 rings (SSSR count). The third kappa shape index (κ3) is 4.17. The van der Waals surface area contributed by atoms with Crippen LogP contribution >= 0.6 is 22.9 Å². The van der Waals surface area contributed by atoms with Crippen LogP contribution in [0.25, 0.3) is 21.5 Å². The minimum absolute atomic E-state index is 0.143. The number of carbonyl (C=O) groups excluding carboxylic acids is 1. The van der Waals surface area contributed by atoms with E-state index in [1.807, 2.05) is 18.2 Å². The largest absolute Gasteiger partial charge is 0.360 e. The lowest BCUT2D eigenvalue weighted by molar-refractivity contribution is 0.0745. The zero-order chi connectivity index (χ0) is 24.0. The van der Waals surface area contributed by atoms with Gasteiger partial charge in [-0.25, -0.2) is 13.4 Å². The smallest absolute Gasteiger partial charge is 0.259 e. The van der Waals surface area contributed by atoms with Gasteiger partial charge in [-0.1, -0.05) is 46.3 Å². The Morgan fingerprint density at radius 3 is 2.56 bits per heavy atom. The maximum absolute atomic E-state index is 13.4. The number of thiazole rings is 1. The highest BCUT2D eigenvalue weighted by Crippen LogP contribution is 2.33. The molecule has 1 aliphatic heterocycles. The normalized spacial score (nSPS) is 14.7. The SMILES string of the molecule is Cc1onc(-c2ccccc2Cl)c1C(=O)N1CCN(c2nc3ccc(S(C)(=O)=O)cc3s2)CC1. The molecule has 8 nitrogen and oxygen atoms in total. The minimum atomic E-state index is -3.28. The molecule has 176 valence electrons. The lowest BCUT2D eigenvalue weighted by Gasteiger charge is -2.34. The van der Waals surface area contributed by atoms with Gasteiger partial charge < -0.3 is 14.3 Å². The van der Waals surface area contributed by atoms with Crippen molar-refractivity contribution < 1.29 is 17.7 Å². The van der Waals surface area contributed by atoms with Crippen molar-refractivity contribution in [3.63, 3.8) is 0 Å². The van der Waals surface area contributed by atoms with Crippen LogP contribution in [0, 0.1) is 6.92 Å². The summed E-state index contributed by atoms with van der Waals surface area (Å²) < 4.78 is 29.9. The van der Waals surface area contributed by atoms with Crippen molar-refractivity contribution in [2.24, 2.45) is 0 Å². The number of benzene rings is 2. The van der Waals surface area contributed by atoms with Gasteiger partial charge in [0.05, 0.1) is 20.1 Å². The lowest BCUT2D eigenvalue weighted by atomic mass is 10.0. The van der Waals surface area contributed by atoms with Crippen molar-refractivity contribution in [1.29, 1.82) is 0 Å². The van der Waals surface area contributed by atoms with E-state index in [1.54, 1.807) is 36.1 Å². The Labute approximate surface area is 205 Å². The number of aromatic nitrogens is 2. The highest BCUT2D eigenvalue weighted by atomic mass is 35.5. The second-order valence-electron chi connectivity index (χ2n) is 8.12. The van der Waals surface area contributed by atoms with Crippen LogP contribution < -0.4 is 4.90 Å². The maximum Gasteiger partial charge on any atom is 0.259 e. The summed E-state index contributed by atoms with van der Waals surface area (Å²) in [6.07, 6.45) is 1.20. The van der Waals surface area contributed by atoms with Crippen molar-refractivity contribution in [2.45, 2.75) is 11.8 Å². The summed E-state index contributed by atoms with van der Waals surface area (Å²) in [6, 6.07) is 12.2. The molecule has 0 radical (unpaired) electrons. The van der Waals surface area contributed by atoms with Gasteiger partial charge in [0.1, 0.15) is 17.0 Å². The molecule has 0 saturated carbocycles. The zero-order valence-electron chi connectivity index (χ0n) is 18.5. The van der Waals surface area contributed by atoms with Gasteiger partial charge in [-0.05, 0) is 31.2 Å². The first-order chi connectivity index (χ1) is 16.2. The first-order valence-corrected chi connectivity index (χ1v) is 13.7. The number of hydrogen-bond donors (Lipinski definition) is 0. The predicted molar refractivity (Wildman–Crippen MR) is 133 cm³/mol. The first-order valence-electron chi connectivity index (χ1n) is 10.6. The molecule has 1 amide bonds. The van der Waals surface area contributed by atoms with E-state index in [0.29, 0.717) is 53.8 Å². The summed E-state index contributed by atoms with van der Waals surface area (Å²) >= 11 is 7.79. The van der Waals surface area contributed by atoms with Gasteiger partial charge in [0.15, 0.2) is 15.0 Å². The Kier molecular flexibility index (Phi) is 5.83. The highest BCUT2D eigenvalue weighted by Gasteiger charge is 2.30. The monoisotopic (exact) mass is 516 g/mol. The fourth-order valence-corrected chi connectivity index (χ4v) is 5.98. The molecule has 2 aromatic heterocycles. The first kappa shape index (κ1) is 22.8. The van der Waals surface area contributed by atoms with E-state index in [1.165, 1.54) is 17.6 Å². The summed E-state index contributed by atoms with van der Waals surface area (Å²) in [6.45, 7) is 3.96. The third-order valence-corrected chi connectivity index (χ3v) is 8.34. The molecule has 34 heavy (non-hydrogen) atoms. The number of nitrogens with zero attached hydrogens (tertiary/aromatic N) is 4. The fourth-order valence-electron chi connectivity index (χ4n) is 3.98. The number of piperazine rings is 1. The topological polar surface area (TPSA) is 96.6 Å². The number of anilines is 1. The molecular formula is C23H21ClN4O4S2. The second kappa shape index (κ2) is 8.68. The van der Waals surface area contributed by atoms with Crippen LogP contribution in [0.4, 0.5) is 5.13 Å². The summed E-state index contributed by atoms with van der Waals surface area (Å²) in [4.78, 5) is 22.2. The molecule has 0 atom stereocenters. The van der Waals surface area contributed by atoms with E-state index in [9.17, 15) is 13.2 Å². The van der Waals surface area contributed by atoms with Gasteiger partial charge >= 0.3 is 0 Å². The number of hydrogen-bond acceptors (Lipinski definition) is 8. The van der Waals surface area contributed by atoms with Crippen LogP contribution in [0.3, 0.4) is 0 Å². The molecule has 0 spiro atoms. The van der Waals surface area contributed by atoms with Crippen molar-refractivity contribution >= 4 is 54.0 Å². The molecule has 0 aliphatic carbocycles. The van der Waals surface area contributed by atoms with Crippen LogP contribution in [0.15, 0.2) is 51.9 Å². The van der Waals surface area contributed by atoms with Gasteiger partial charge in [0.25, 0.3) is 5.91 Å². The summed E-state index contributed by atoms with van der Waals surface area (Å²) in [5, 5.41) is 5.42. The van der Waals surface area contributed by atoms with Crippen molar-refractivity contribution in [3.05, 3.63) is 58.8 Å². The Bertz CT molecular complexity index is 1500. The minimum Gasteiger partial charge on any atom is -0.360 e. The van der Waals surface area contributed by atoms with Crippen LogP contribution in [-0.2, 0) is 9.84 Å². The lowest BCUT2D eigenvalue weighted by Crippen LogP contribution is -2.49. The Morgan fingerprint density at radius 1 is 1.12 bits per heavy atom. The quantitative estimate of drug-likeness (QED) is 0.399. The highest BCUT2D eigenvalue weighted by molar-refractivity contribution is 7.90. The number of amides is 1. The number of carbonyl (C=O) groups is 1. The van der Waals surface area contributed by atoms with Gasteiger partial charge in [-0.3, -0.25) is 4.79 Å². The van der Waals surface area contributed by atoms with Crippen molar-refractivity contribution in [1.82, 2.24) is 15.0 Å². The Balaban J connectivity index is 1.34. The number of fused-ring (bicyclic) bond motifs is 1. The molecule has 1 saturated heterocycles. The van der Waals surface area contributed by atoms with Gasteiger partial charge in [-0.2, -0.15) is 0 Å². The predicted octanol–water partition coefficient (Wildman–Crippen LogP) is 4.28. The average molecular weight is 517 g/mol. The summed E-state index contributed by atoms with van der Waals surface area (Å²) in [7, 11) is -3.28. The number of halogens is 1. The molecule has 2 aromatic carbocycles. The van der Waals surface area contributed by atoms with Crippen molar-refractivity contribution in [2.75, 3.05) is 37.3 Å². The standard InChI is InChI=1S/C23H21ClN4O4S2/c1-14-20(21(26-32-14)16-5-3-4-6-17(16)24)22(29)27-9-11-28(12-10-27)23-25-18-8-7-15(34(2,30)31)13-19(18)33-23/h3-8,13H,9-12H2,1-2H3. The molecule has 4 aromatic rings. The van der Waals surface area contributed by atoms with Crippen LogP contribution in [0.5, 0.6) is 0 Å². The zero-order valence-corrected chi connectivity index (χ0v) is 20.9. The number of aryl methyl sites for hydroxylation is 1. The maximum atomic E-state index is 13.4. The molecule has 11 heteroatoms.